The monoisotopic (exact) mass is 823 g/mol. The number of hydrogen-bond acceptors (Lipinski definition) is 12. The lowest BCUT2D eigenvalue weighted by Crippen LogP contribution is -2.54. The molecule has 5 fully saturated rings. The molecule has 0 bridgehead atoms. The molecule has 2 saturated carbocycles. The van der Waals surface area contributed by atoms with E-state index in [4.69, 9.17) is 21.6 Å². The van der Waals surface area contributed by atoms with E-state index in [1.165, 1.54) is 6.07 Å². The number of nitrogens with one attached hydrogen (secondary N) is 2. The minimum atomic E-state index is -1.10. The van der Waals surface area contributed by atoms with Crippen molar-refractivity contribution in [3.63, 3.8) is 0 Å². The van der Waals surface area contributed by atoms with Crippen LogP contribution in [0.2, 0.25) is 5.02 Å². The first kappa shape index (κ1) is 38.8. The number of hydrogen-bond donors (Lipinski definition) is 2. The van der Waals surface area contributed by atoms with Crippen LogP contribution in [0.5, 0.6) is 5.75 Å². The number of anilines is 2. The Labute approximate surface area is 344 Å². The summed E-state index contributed by atoms with van der Waals surface area (Å²) in [6, 6.07) is 8.98. The summed E-state index contributed by atoms with van der Waals surface area (Å²) >= 11 is 6.15. The zero-order valence-corrected chi connectivity index (χ0v) is 33.0. The smallest absolute Gasteiger partial charge is 0.262 e. The van der Waals surface area contributed by atoms with Crippen molar-refractivity contribution in [2.75, 3.05) is 49.1 Å². The first-order valence-corrected chi connectivity index (χ1v) is 20.7. The number of carbonyl (C=O) groups is 5. The number of fused-ring (bicyclic) bond motifs is 2. The van der Waals surface area contributed by atoms with Crippen LogP contribution in [0.3, 0.4) is 0 Å². The van der Waals surface area contributed by atoms with Crippen LogP contribution in [-0.2, 0) is 9.59 Å². The molecular formula is C42H43ClFN9O6. The van der Waals surface area contributed by atoms with Crippen molar-refractivity contribution in [1.29, 1.82) is 5.26 Å². The molecule has 3 saturated heterocycles. The van der Waals surface area contributed by atoms with Gasteiger partial charge in [0.25, 0.3) is 17.7 Å². The predicted molar refractivity (Wildman–Crippen MR) is 211 cm³/mol. The molecule has 17 heteroatoms. The molecule has 0 radical (unpaired) electrons. The number of carbonyl (C=O) groups excluding carboxylic acids is 5. The quantitative estimate of drug-likeness (QED) is 0.315. The van der Waals surface area contributed by atoms with Gasteiger partial charge in [0.1, 0.15) is 23.7 Å². The van der Waals surface area contributed by atoms with Crippen LogP contribution in [0.15, 0.2) is 42.7 Å². The van der Waals surface area contributed by atoms with Crippen LogP contribution in [0.4, 0.5) is 16.0 Å². The number of nitriles is 1. The van der Waals surface area contributed by atoms with Gasteiger partial charge in [-0.05, 0) is 81.0 Å². The Morgan fingerprint density at radius 3 is 2.22 bits per heavy atom. The van der Waals surface area contributed by atoms with Gasteiger partial charge in [0.2, 0.25) is 17.8 Å². The Bertz CT molecular complexity index is 2240. The number of piperazine rings is 1. The van der Waals surface area contributed by atoms with Crippen molar-refractivity contribution >= 4 is 52.8 Å². The lowest BCUT2D eigenvalue weighted by atomic mass is 9.92. The van der Waals surface area contributed by atoms with Crippen LogP contribution in [0.1, 0.15) is 88.0 Å². The molecule has 5 amide bonds. The number of aromatic nitrogens is 2. The van der Waals surface area contributed by atoms with Crippen LogP contribution < -0.4 is 25.2 Å². The molecule has 4 atom stereocenters. The fourth-order valence-corrected chi connectivity index (χ4v) is 10.0. The molecular weight excluding hydrogens is 781 g/mol. The van der Waals surface area contributed by atoms with Crippen molar-refractivity contribution in [1.82, 2.24) is 30.4 Å². The highest BCUT2D eigenvalue weighted by atomic mass is 35.5. The minimum absolute atomic E-state index is 0.00958. The Kier molecular flexibility index (Phi) is 10.4. The molecule has 4 aliphatic heterocycles. The lowest BCUT2D eigenvalue weighted by molar-refractivity contribution is -0.136. The Balaban J connectivity index is 0.728. The topological polar surface area (TPSA) is 181 Å². The molecule has 59 heavy (non-hydrogen) atoms. The van der Waals surface area contributed by atoms with Crippen LogP contribution >= 0.6 is 11.6 Å². The lowest BCUT2D eigenvalue weighted by Gasteiger charge is -2.39. The number of piperidine rings is 1. The van der Waals surface area contributed by atoms with E-state index >= 15 is 4.39 Å². The van der Waals surface area contributed by atoms with Gasteiger partial charge in [-0.15, -0.1) is 0 Å². The van der Waals surface area contributed by atoms with Crippen molar-refractivity contribution < 1.29 is 33.1 Å². The van der Waals surface area contributed by atoms with Crippen molar-refractivity contribution in [3.05, 3.63) is 75.8 Å². The van der Waals surface area contributed by atoms with Gasteiger partial charge in [0.05, 0.1) is 39.1 Å². The second-order valence-corrected chi connectivity index (χ2v) is 16.9. The van der Waals surface area contributed by atoms with E-state index in [1.807, 2.05) is 11.0 Å². The van der Waals surface area contributed by atoms with Gasteiger partial charge in [0, 0.05) is 76.2 Å². The van der Waals surface area contributed by atoms with Crippen LogP contribution in [-0.4, -0.2) is 113 Å². The molecule has 9 rings (SSSR count). The molecule has 5 heterocycles. The van der Waals surface area contributed by atoms with Crippen molar-refractivity contribution in [3.8, 4) is 11.8 Å². The van der Waals surface area contributed by atoms with E-state index < -0.39 is 35.5 Å². The van der Waals surface area contributed by atoms with Crippen molar-refractivity contribution in [2.24, 2.45) is 11.8 Å². The summed E-state index contributed by atoms with van der Waals surface area (Å²) in [4.78, 5) is 80.2. The van der Waals surface area contributed by atoms with Gasteiger partial charge < -0.3 is 19.9 Å². The SMILES string of the molecule is N#Cc1ccc(OC2CCC(NC(=O)c3cnc(N4CC5CC(N6CCN(c7cc8c(cc7F)C(=O)N(C7CCC(=O)NC7=O)C8=O)CC6)C[C@H]5C4)nc3)CC2)cc1Cl. The van der Waals surface area contributed by atoms with Gasteiger partial charge in [-0.1, -0.05) is 11.6 Å². The summed E-state index contributed by atoms with van der Waals surface area (Å²) < 4.78 is 21.6. The molecule has 0 spiro atoms. The Morgan fingerprint density at radius 1 is 0.898 bits per heavy atom. The highest BCUT2D eigenvalue weighted by Crippen LogP contribution is 2.42. The van der Waals surface area contributed by atoms with Crippen LogP contribution in [0.25, 0.3) is 0 Å². The van der Waals surface area contributed by atoms with Gasteiger partial charge in [-0.2, -0.15) is 5.26 Å². The normalized spacial score (nSPS) is 27.0. The largest absolute Gasteiger partial charge is 0.490 e. The number of amides is 5. The maximum Gasteiger partial charge on any atom is 0.262 e. The maximum absolute atomic E-state index is 15.5. The molecule has 3 aromatic rings. The van der Waals surface area contributed by atoms with Gasteiger partial charge in [-0.3, -0.25) is 39.1 Å². The average molecular weight is 824 g/mol. The number of nitrogens with zero attached hydrogens (tertiary/aromatic N) is 7. The third kappa shape index (κ3) is 7.57. The molecule has 2 aliphatic carbocycles. The molecule has 1 aromatic heterocycles. The van der Waals surface area contributed by atoms with E-state index in [0.717, 1.165) is 75.7 Å². The first-order valence-electron chi connectivity index (χ1n) is 20.3. The van der Waals surface area contributed by atoms with E-state index in [2.05, 4.69) is 30.4 Å². The summed E-state index contributed by atoms with van der Waals surface area (Å²) in [7, 11) is 0. The fourth-order valence-electron chi connectivity index (χ4n) is 9.83. The van der Waals surface area contributed by atoms with E-state index in [0.29, 0.717) is 58.8 Å². The van der Waals surface area contributed by atoms with E-state index in [-0.39, 0.29) is 47.7 Å². The standard InChI is InChI=1S/C42H43ClFN9O6/c43-33-15-30(4-1-23(33)18-45)59-29-5-2-27(3-6-29)48-38(55)26-19-46-42(47-20-26)52-21-24-13-28(14-25(24)22-52)50-9-11-51(12-10-50)36-17-32-31(16-34(36)44)40(57)53(41(32)58)35-7-8-37(54)49-39(35)56/h1,4,15-17,19-20,24-25,27-29,35H,2-3,5-14,21-22H2,(H,48,55)(H,49,54,56)/t24-,25?,27?,28?,29?,35?/m0/s1. The number of benzene rings is 2. The van der Waals surface area contributed by atoms with Crippen molar-refractivity contribution in [2.45, 2.75) is 75.6 Å². The highest BCUT2D eigenvalue weighted by molar-refractivity contribution is 6.31. The molecule has 306 valence electrons. The number of rotatable bonds is 8. The summed E-state index contributed by atoms with van der Waals surface area (Å²) in [5.41, 5.74) is 1.10. The summed E-state index contributed by atoms with van der Waals surface area (Å²) in [6.07, 6.45) is 8.46. The molecule has 2 aromatic carbocycles. The second-order valence-electron chi connectivity index (χ2n) is 16.5. The van der Waals surface area contributed by atoms with Gasteiger partial charge in [-0.25, -0.2) is 14.4 Å². The van der Waals surface area contributed by atoms with Gasteiger partial charge in [0.15, 0.2) is 0 Å². The zero-order chi connectivity index (χ0) is 40.9. The highest BCUT2D eigenvalue weighted by Gasteiger charge is 2.46. The molecule has 3 unspecified atom stereocenters. The third-order valence-electron chi connectivity index (χ3n) is 13.0. The Morgan fingerprint density at radius 2 is 1.58 bits per heavy atom. The second kappa shape index (κ2) is 15.8. The van der Waals surface area contributed by atoms with Crippen LogP contribution in [0, 0.1) is 29.0 Å². The number of halogens is 2. The average Bonchev–Trinajstić information content (AvgIpc) is 3.89. The molecule has 2 N–H and O–H groups in total. The maximum atomic E-state index is 15.5. The number of ether oxygens (including phenoxy) is 1. The van der Waals surface area contributed by atoms with Gasteiger partial charge >= 0.3 is 0 Å². The number of imide groups is 2. The summed E-state index contributed by atoms with van der Waals surface area (Å²) in [5, 5.41) is 14.8. The predicted octanol–water partition coefficient (Wildman–Crippen LogP) is 3.70. The summed E-state index contributed by atoms with van der Waals surface area (Å²) in [6.45, 7) is 4.27. The zero-order valence-electron chi connectivity index (χ0n) is 32.2. The molecule has 6 aliphatic rings. The summed E-state index contributed by atoms with van der Waals surface area (Å²) in [5.74, 6) is -1.08. The first-order chi connectivity index (χ1) is 28.5. The van der Waals surface area contributed by atoms with E-state index in [9.17, 15) is 24.0 Å². The molecule has 15 nitrogen and oxygen atoms in total. The van der Waals surface area contributed by atoms with E-state index in [1.54, 1.807) is 30.6 Å². The fraction of sp³-hybridized carbons (Fsp3) is 0.476. The minimum Gasteiger partial charge on any atom is -0.490 e. The Hall–Kier alpha value is -5.66. The third-order valence-corrected chi connectivity index (χ3v) is 13.3.